The summed E-state index contributed by atoms with van der Waals surface area (Å²) >= 11 is 0. The Balaban J connectivity index is 2.08. The molecule has 0 spiro atoms. The number of aryl methyl sites for hydroxylation is 1. The highest BCUT2D eigenvalue weighted by molar-refractivity contribution is 5.45. The molecule has 3 nitrogen and oxygen atoms in total. The van der Waals surface area contributed by atoms with Crippen molar-refractivity contribution >= 4 is 5.69 Å². The van der Waals surface area contributed by atoms with Crippen LogP contribution >= 0.6 is 0 Å². The second-order valence-electron chi connectivity index (χ2n) is 2.71. The molecule has 0 saturated heterocycles. The van der Waals surface area contributed by atoms with Crippen LogP contribution in [-0.4, -0.2) is 11.2 Å². The number of rotatable bonds is 2. The second-order valence-corrected chi connectivity index (χ2v) is 2.71. The third-order valence-corrected chi connectivity index (χ3v) is 1.69. The van der Waals surface area contributed by atoms with Crippen molar-refractivity contribution in [3.8, 4) is 0 Å². The van der Waals surface area contributed by atoms with Gasteiger partial charge < -0.3 is 9.84 Å². The van der Waals surface area contributed by atoms with Gasteiger partial charge in [0.05, 0.1) is 11.9 Å². The van der Waals surface area contributed by atoms with Gasteiger partial charge in [0.15, 0.2) is 5.76 Å². The molecular weight excluding hydrogens is 128 g/mol. The van der Waals surface area contributed by atoms with Crippen LogP contribution in [0, 0.1) is 6.92 Å². The van der Waals surface area contributed by atoms with Gasteiger partial charge >= 0.3 is 0 Å². The van der Waals surface area contributed by atoms with Crippen LogP contribution in [0.25, 0.3) is 0 Å². The van der Waals surface area contributed by atoms with E-state index in [0.29, 0.717) is 6.04 Å². The molecule has 1 aliphatic carbocycles. The van der Waals surface area contributed by atoms with Gasteiger partial charge in [-0.1, -0.05) is 5.16 Å². The molecule has 1 aliphatic rings. The normalized spacial score (nSPS) is 17.3. The Bertz CT molecular complexity index is 227. The molecule has 0 amide bonds. The summed E-state index contributed by atoms with van der Waals surface area (Å²) in [5, 5.41) is 6.97. The molecule has 0 aromatic carbocycles. The summed E-state index contributed by atoms with van der Waals surface area (Å²) in [7, 11) is 0. The molecule has 0 aliphatic heterocycles. The molecule has 2 rings (SSSR count). The highest BCUT2D eigenvalue weighted by atomic mass is 16.5. The van der Waals surface area contributed by atoms with Gasteiger partial charge in [-0.15, -0.1) is 0 Å². The lowest BCUT2D eigenvalue weighted by atomic mass is 10.4. The number of nitrogens with one attached hydrogen (secondary N) is 1. The molecular formula is C7H10N2O. The van der Waals surface area contributed by atoms with Crippen LogP contribution in [0.2, 0.25) is 0 Å². The van der Waals surface area contributed by atoms with Crippen LogP contribution in [0.5, 0.6) is 0 Å². The maximum Gasteiger partial charge on any atom is 0.156 e. The zero-order valence-electron chi connectivity index (χ0n) is 5.92. The lowest BCUT2D eigenvalue weighted by Crippen LogP contribution is -2.00. The van der Waals surface area contributed by atoms with E-state index in [9.17, 15) is 0 Å². The van der Waals surface area contributed by atoms with Crippen LogP contribution in [0.15, 0.2) is 10.7 Å². The standard InChI is InChI=1S/C7H10N2O/c1-5-7(4-8-10-5)9-6-2-3-6/h4,6,9H,2-3H2,1H3. The lowest BCUT2D eigenvalue weighted by Gasteiger charge is -1.97. The van der Waals surface area contributed by atoms with Crippen LogP contribution in [-0.2, 0) is 0 Å². The summed E-state index contributed by atoms with van der Waals surface area (Å²) in [6, 6.07) is 0.679. The Labute approximate surface area is 59.4 Å². The average Bonchev–Trinajstić information content (AvgIpc) is 2.62. The molecule has 3 heteroatoms. The summed E-state index contributed by atoms with van der Waals surface area (Å²) in [6.45, 7) is 1.91. The van der Waals surface area contributed by atoms with Gasteiger partial charge in [-0.05, 0) is 19.8 Å². The molecule has 10 heavy (non-hydrogen) atoms. The fourth-order valence-corrected chi connectivity index (χ4v) is 0.885. The van der Waals surface area contributed by atoms with Crippen molar-refractivity contribution in [3.63, 3.8) is 0 Å². The minimum absolute atomic E-state index is 0.679. The monoisotopic (exact) mass is 138 g/mol. The molecule has 0 radical (unpaired) electrons. The fraction of sp³-hybridized carbons (Fsp3) is 0.571. The predicted octanol–water partition coefficient (Wildman–Crippen LogP) is 1.56. The molecule has 0 atom stereocenters. The van der Waals surface area contributed by atoms with Gasteiger partial charge in [0.2, 0.25) is 0 Å². The van der Waals surface area contributed by atoms with Crippen LogP contribution in [0.1, 0.15) is 18.6 Å². The van der Waals surface area contributed by atoms with E-state index in [2.05, 4.69) is 10.5 Å². The van der Waals surface area contributed by atoms with E-state index in [0.717, 1.165) is 11.4 Å². The molecule has 54 valence electrons. The van der Waals surface area contributed by atoms with Crippen LogP contribution in [0.4, 0.5) is 5.69 Å². The van der Waals surface area contributed by atoms with Crippen molar-refractivity contribution in [3.05, 3.63) is 12.0 Å². The summed E-state index contributed by atoms with van der Waals surface area (Å²) in [4.78, 5) is 0. The topological polar surface area (TPSA) is 38.1 Å². The van der Waals surface area contributed by atoms with Crippen LogP contribution in [0.3, 0.4) is 0 Å². The zero-order valence-corrected chi connectivity index (χ0v) is 5.92. The quantitative estimate of drug-likeness (QED) is 0.673. The smallest absolute Gasteiger partial charge is 0.156 e. The van der Waals surface area contributed by atoms with Crippen molar-refractivity contribution in [2.45, 2.75) is 25.8 Å². The van der Waals surface area contributed by atoms with E-state index in [1.165, 1.54) is 12.8 Å². The molecule has 0 unspecified atom stereocenters. The number of nitrogens with zero attached hydrogens (tertiary/aromatic N) is 1. The number of aromatic nitrogens is 1. The molecule has 1 saturated carbocycles. The Hall–Kier alpha value is -0.990. The number of hydrogen-bond donors (Lipinski definition) is 1. The van der Waals surface area contributed by atoms with Crippen molar-refractivity contribution in [1.29, 1.82) is 0 Å². The zero-order chi connectivity index (χ0) is 6.97. The van der Waals surface area contributed by atoms with Gasteiger partial charge in [0, 0.05) is 6.04 Å². The van der Waals surface area contributed by atoms with E-state index < -0.39 is 0 Å². The highest BCUT2D eigenvalue weighted by Gasteiger charge is 2.22. The Morgan fingerprint density at radius 3 is 3.00 bits per heavy atom. The van der Waals surface area contributed by atoms with Gasteiger partial charge in [0.25, 0.3) is 0 Å². The molecule has 1 heterocycles. The van der Waals surface area contributed by atoms with E-state index in [-0.39, 0.29) is 0 Å². The SMILES string of the molecule is Cc1oncc1NC1CC1. The molecule has 1 fully saturated rings. The maximum absolute atomic E-state index is 4.88. The van der Waals surface area contributed by atoms with Crippen molar-refractivity contribution in [2.75, 3.05) is 5.32 Å². The van der Waals surface area contributed by atoms with E-state index in [1.807, 2.05) is 6.92 Å². The summed E-state index contributed by atoms with van der Waals surface area (Å²) in [5.41, 5.74) is 1.04. The van der Waals surface area contributed by atoms with Crippen molar-refractivity contribution in [2.24, 2.45) is 0 Å². The summed E-state index contributed by atoms with van der Waals surface area (Å²) in [5.74, 6) is 0.881. The minimum Gasteiger partial charge on any atom is -0.378 e. The summed E-state index contributed by atoms with van der Waals surface area (Å²) in [6.07, 6.45) is 4.29. The van der Waals surface area contributed by atoms with Gasteiger partial charge in [-0.3, -0.25) is 0 Å². The van der Waals surface area contributed by atoms with Gasteiger partial charge in [-0.25, -0.2) is 0 Å². The predicted molar refractivity (Wildman–Crippen MR) is 37.9 cm³/mol. The second kappa shape index (κ2) is 2.01. The third kappa shape index (κ3) is 0.988. The van der Waals surface area contributed by atoms with E-state index in [4.69, 9.17) is 4.52 Å². The maximum atomic E-state index is 4.88. The fourth-order valence-electron chi connectivity index (χ4n) is 0.885. The number of hydrogen-bond acceptors (Lipinski definition) is 3. The molecule has 0 bridgehead atoms. The average molecular weight is 138 g/mol. The first-order chi connectivity index (χ1) is 4.86. The van der Waals surface area contributed by atoms with Crippen molar-refractivity contribution < 1.29 is 4.52 Å². The largest absolute Gasteiger partial charge is 0.378 e. The van der Waals surface area contributed by atoms with Gasteiger partial charge in [0.1, 0.15) is 0 Å². The minimum atomic E-state index is 0.679. The Kier molecular flexibility index (Phi) is 1.16. The van der Waals surface area contributed by atoms with Crippen molar-refractivity contribution in [1.82, 2.24) is 5.16 Å². The lowest BCUT2D eigenvalue weighted by molar-refractivity contribution is 0.398. The Morgan fingerprint density at radius 1 is 1.70 bits per heavy atom. The first-order valence-electron chi connectivity index (χ1n) is 3.54. The first-order valence-corrected chi connectivity index (χ1v) is 3.54. The molecule has 1 aromatic heterocycles. The third-order valence-electron chi connectivity index (χ3n) is 1.69. The summed E-state index contributed by atoms with van der Waals surface area (Å²) < 4.78 is 4.88. The Morgan fingerprint density at radius 2 is 2.50 bits per heavy atom. The van der Waals surface area contributed by atoms with E-state index >= 15 is 0 Å². The highest BCUT2D eigenvalue weighted by Crippen LogP contribution is 2.25. The van der Waals surface area contributed by atoms with Crippen LogP contribution < -0.4 is 5.32 Å². The molecule has 1 N–H and O–H groups in total. The first kappa shape index (κ1) is 5.77. The number of anilines is 1. The molecule has 1 aromatic rings. The van der Waals surface area contributed by atoms with Gasteiger partial charge in [-0.2, -0.15) is 0 Å². The van der Waals surface area contributed by atoms with E-state index in [1.54, 1.807) is 6.20 Å².